The Labute approximate surface area is 133 Å². The van der Waals surface area contributed by atoms with Crippen LogP contribution in [0.15, 0.2) is 24.3 Å². The van der Waals surface area contributed by atoms with Crippen molar-refractivity contribution in [1.82, 2.24) is 9.03 Å². The molecular weight excluding hydrogens is 335 g/mol. The SMILES string of the molecule is CC(=O)N(CCNS(=O)(=O)N(C)C)c1cccc(C(F)(F)F)c1. The van der Waals surface area contributed by atoms with Crippen LogP contribution >= 0.6 is 0 Å². The molecule has 1 amide bonds. The number of nitrogens with one attached hydrogen (secondary N) is 1. The van der Waals surface area contributed by atoms with Gasteiger partial charge in [-0.15, -0.1) is 0 Å². The Morgan fingerprint density at radius 3 is 2.35 bits per heavy atom. The largest absolute Gasteiger partial charge is 0.416 e. The van der Waals surface area contributed by atoms with Crippen LogP contribution < -0.4 is 9.62 Å². The summed E-state index contributed by atoms with van der Waals surface area (Å²) in [5.74, 6) is -0.492. The number of rotatable bonds is 6. The Balaban J connectivity index is 2.90. The molecule has 6 nitrogen and oxygen atoms in total. The lowest BCUT2D eigenvalue weighted by Crippen LogP contribution is -2.41. The predicted octanol–water partition coefficient (Wildman–Crippen LogP) is 1.45. The normalized spacial score (nSPS) is 12.5. The van der Waals surface area contributed by atoms with Gasteiger partial charge in [0, 0.05) is 39.8 Å². The summed E-state index contributed by atoms with van der Waals surface area (Å²) in [6.45, 7) is 0.973. The monoisotopic (exact) mass is 353 g/mol. The number of hydrogen-bond acceptors (Lipinski definition) is 3. The zero-order chi connectivity index (χ0) is 17.8. The Bertz CT molecular complexity index is 660. The Morgan fingerprint density at radius 1 is 1.26 bits per heavy atom. The molecule has 0 aliphatic heterocycles. The molecule has 1 N–H and O–H groups in total. The molecule has 10 heteroatoms. The molecule has 0 heterocycles. The number of alkyl halides is 3. The van der Waals surface area contributed by atoms with E-state index in [9.17, 15) is 26.4 Å². The van der Waals surface area contributed by atoms with Crippen molar-refractivity contribution >= 4 is 21.8 Å². The number of halogens is 3. The van der Waals surface area contributed by atoms with Crippen LogP contribution in [0.2, 0.25) is 0 Å². The van der Waals surface area contributed by atoms with Crippen molar-refractivity contribution in [2.24, 2.45) is 0 Å². The van der Waals surface area contributed by atoms with Crippen molar-refractivity contribution in [2.75, 3.05) is 32.1 Å². The second-order valence-electron chi connectivity index (χ2n) is 4.90. The molecule has 0 fully saturated rings. The van der Waals surface area contributed by atoms with Crippen molar-refractivity contribution in [1.29, 1.82) is 0 Å². The highest BCUT2D eigenvalue weighted by atomic mass is 32.2. The highest BCUT2D eigenvalue weighted by Gasteiger charge is 2.31. The van der Waals surface area contributed by atoms with Gasteiger partial charge in [0.05, 0.1) is 5.56 Å². The summed E-state index contributed by atoms with van der Waals surface area (Å²) in [5, 5.41) is 0. The fraction of sp³-hybridized carbons (Fsp3) is 0.462. The van der Waals surface area contributed by atoms with Gasteiger partial charge < -0.3 is 4.90 Å². The van der Waals surface area contributed by atoms with Crippen LogP contribution in [0.3, 0.4) is 0 Å². The highest BCUT2D eigenvalue weighted by Crippen LogP contribution is 2.31. The summed E-state index contributed by atoms with van der Waals surface area (Å²) in [5.41, 5.74) is -0.827. The predicted molar refractivity (Wildman–Crippen MR) is 80.1 cm³/mol. The zero-order valence-electron chi connectivity index (χ0n) is 12.9. The van der Waals surface area contributed by atoms with Gasteiger partial charge in [0.25, 0.3) is 10.2 Å². The van der Waals surface area contributed by atoms with Gasteiger partial charge in [0.1, 0.15) is 0 Å². The first-order chi connectivity index (χ1) is 10.4. The third-order valence-corrected chi connectivity index (χ3v) is 4.50. The first-order valence-electron chi connectivity index (χ1n) is 6.57. The van der Waals surface area contributed by atoms with Gasteiger partial charge in [-0.05, 0) is 18.2 Å². The van der Waals surface area contributed by atoms with Gasteiger partial charge in [0.15, 0.2) is 0 Å². The molecule has 1 aromatic carbocycles. The second kappa shape index (κ2) is 7.28. The minimum absolute atomic E-state index is 0.0522. The molecule has 0 radical (unpaired) electrons. The maximum Gasteiger partial charge on any atom is 0.416 e. The van der Waals surface area contributed by atoms with Gasteiger partial charge in [-0.3, -0.25) is 4.79 Å². The number of carbonyl (C=O) groups excluding carboxylic acids is 1. The van der Waals surface area contributed by atoms with Gasteiger partial charge in [0.2, 0.25) is 5.91 Å². The quantitative estimate of drug-likeness (QED) is 0.842. The Morgan fingerprint density at radius 2 is 1.87 bits per heavy atom. The molecule has 0 saturated heterocycles. The highest BCUT2D eigenvalue weighted by molar-refractivity contribution is 7.87. The fourth-order valence-electron chi connectivity index (χ4n) is 1.73. The summed E-state index contributed by atoms with van der Waals surface area (Å²) in [4.78, 5) is 12.7. The third kappa shape index (κ3) is 5.48. The van der Waals surface area contributed by atoms with Crippen LogP contribution in [0.25, 0.3) is 0 Å². The first kappa shape index (κ1) is 19.4. The summed E-state index contributed by atoms with van der Waals surface area (Å²) in [6.07, 6.45) is -4.52. The lowest BCUT2D eigenvalue weighted by atomic mass is 10.2. The van der Waals surface area contributed by atoms with Crippen LogP contribution in [0.5, 0.6) is 0 Å². The minimum atomic E-state index is -4.52. The molecule has 23 heavy (non-hydrogen) atoms. The minimum Gasteiger partial charge on any atom is -0.311 e. The van der Waals surface area contributed by atoms with E-state index in [2.05, 4.69) is 4.72 Å². The van der Waals surface area contributed by atoms with E-state index < -0.39 is 27.9 Å². The van der Waals surface area contributed by atoms with E-state index in [1.807, 2.05) is 0 Å². The lowest BCUT2D eigenvalue weighted by molar-refractivity contribution is -0.137. The van der Waals surface area contributed by atoms with Crippen molar-refractivity contribution in [2.45, 2.75) is 13.1 Å². The maximum absolute atomic E-state index is 12.7. The molecule has 0 aliphatic carbocycles. The number of amides is 1. The van der Waals surface area contributed by atoms with Crippen LogP contribution in [0, 0.1) is 0 Å². The van der Waals surface area contributed by atoms with E-state index in [-0.39, 0.29) is 18.8 Å². The van der Waals surface area contributed by atoms with Crippen molar-refractivity contribution in [3.63, 3.8) is 0 Å². The molecule has 0 spiro atoms. The van der Waals surface area contributed by atoms with E-state index in [0.717, 1.165) is 21.3 Å². The summed E-state index contributed by atoms with van der Waals surface area (Å²) < 4.78 is 64.5. The van der Waals surface area contributed by atoms with Crippen molar-refractivity contribution in [3.8, 4) is 0 Å². The number of nitrogens with zero attached hydrogens (tertiary/aromatic N) is 2. The van der Waals surface area contributed by atoms with Gasteiger partial charge >= 0.3 is 6.18 Å². The van der Waals surface area contributed by atoms with Gasteiger partial charge in [-0.25, -0.2) is 4.72 Å². The number of carbonyl (C=O) groups is 1. The van der Waals surface area contributed by atoms with E-state index in [0.29, 0.717) is 0 Å². The molecule has 0 atom stereocenters. The second-order valence-corrected chi connectivity index (χ2v) is 6.87. The molecule has 1 rings (SSSR count). The molecule has 0 saturated carbocycles. The maximum atomic E-state index is 12.7. The molecule has 130 valence electrons. The summed E-state index contributed by atoms with van der Waals surface area (Å²) in [7, 11) is -1.01. The van der Waals surface area contributed by atoms with Crippen LogP contribution in [-0.2, 0) is 21.2 Å². The molecule has 0 aromatic heterocycles. The van der Waals surface area contributed by atoms with Crippen LogP contribution in [0.4, 0.5) is 18.9 Å². The van der Waals surface area contributed by atoms with E-state index >= 15 is 0 Å². The topological polar surface area (TPSA) is 69.7 Å². The zero-order valence-corrected chi connectivity index (χ0v) is 13.7. The fourth-order valence-corrected chi connectivity index (χ4v) is 2.34. The average Bonchev–Trinajstić information content (AvgIpc) is 2.42. The summed E-state index contributed by atoms with van der Waals surface area (Å²) >= 11 is 0. The van der Waals surface area contributed by atoms with E-state index in [1.165, 1.54) is 33.2 Å². The third-order valence-electron chi connectivity index (χ3n) is 2.97. The Kier molecular flexibility index (Phi) is 6.14. The summed E-state index contributed by atoms with van der Waals surface area (Å²) in [6, 6.07) is 4.30. The molecule has 0 unspecified atom stereocenters. The molecular formula is C13H18F3N3O3S. The molecule has 0 bridgehead atoms. The smallest absolute Gasteiger partial charge is 0.311 e. The number of hydrogen-bond donors (Lipinski definition) is 1. The average molecular weight is 353 g/mol. The van der Waals surface area contributed by atoms with Crippen LogP contribution in [-0.4, -0.2) is 45.8 Å². The first-order valence-corrected chi connectivity index (χ1v) is 8.01. The van der Waals surface area contributed by atoms with E-state index in [1.54, 1.807) is 0 Å². The lowest BCUT2D eigenvalue weighted by Gasteiger charge is -2.23. The molecule has 0 aliphatic rings. The standard InChI is InChI=1S/C13H18F3N3O3S/c1-10(20)19(8-7-17-23(21,22)18(2)3)12-6-4-5-11(9-12)13(14,15)16/h4-6,9,17H,7-8H2,1-3H3. The van der Waals surface area contributed by atoms with Crippen molar-refractivity contribution < 1.29 is 26.4 Å². The van der Waals surface area contributed by atoms with Crippen LogP contribution in [0.1, 0.15) is 12.5 Å². The number of benzene rings is 1. The number of anilines is 1. The molecule has 1 aromatic rings. The van der Waals surface area contributed by atoms with Gasteiger partial charge in [-0.1, -0.05) is 6.07 Å². The van der Waals surface area contributed by atoms with E-state index in [4.69, 9.17) is 0 Å². The Hall–Kier alpha value is -1.65. The van der Waals surface area contributed by atoms with Gasteiger partial charge in [-0.2, -0.15) is 25.9 Å². The van der Waals surface area contributed by atoms with Crippen molar-refractivity contribution in [3.05, 3.63) is 29.8 Å².